The van der Waals surface area contributed by atoms with E-state index in [0.717, 1.165) is 32.9 Å². The van der Waals surface area contributed by atoms with Crippen molar-refractivity contribution >= 4 is 64.2 Å². The van der Waals surface area contributed by atoms with Crippen LogP contribution in [-0.4, -0.2) is 0 Å². The van der Waals surface area contributed by atoms with Crippen molar-refractivity contribution in [3.8, 4) is 143 Å². The molecule has 49 heavy (non-hydrogen) atoms. The van der Waals surface area contributed by atoms with Gasteiger partial charge in [0, 0.05) is 82.8 Å². The molecule has 4 aromatic carbocycles. The zero-order valence-corrected chi connectivity index (χ0v) is 26.5. The van der Waals surface area contributed by atoms with Gasteiger partial charge in [0.15, 0.2) is 0 Å². The molecule has 0 amide bonds. The summed E-state index contributed by atoms with van der Waals surface area (Å²) >= 11 is 1.76. The van der Waals surface area contributed by atoms with Crippen molar-refractivity contribution < 1.29 is 4.42 Å². The van der Waals surface area contributed by atoms with E-state index in [9.17, 15) is 0 Å². The molecule has 0 aliphatic rings. The van der Waals surface area contributed by atoms with Gasteiger partial charge in [-0.3, -0.25) is 0 Å². The summed E-state index contributed by atoms with van der Waals surface area (Å²) < 4.78 is 8.75. The molecule has 0 saturated heterocycles. The molecule has 0 bridgehead atoms. The van der Waals surface area contributed by atoms with Crippen molar-refractivity contribution in [1.82, 2.24) is 0 Å². The fraction of sp³-hybridized carbons (Fsp3) is 0.0213. The van der Waals surface area contributed by atoms with Crippen LogP contribution in [-0.2, 0) is 0 Å². The second-order valence-electron chi connectivity index (χ2n) is 9.79. The molecule has 2 heterocycles. The lowest BCUT2D eigenvalue weighted by molar-refractivity contribution is 0.672. The number of hydrogen-bond acceptors (Lipinski definition) is 2. The Kier molecular flexibility index (Phi) is 9.61. The number of fused-ring (bicyclic) bond motifs is 9. The van der Waals surface area contributed by atoms with Crippen LogP contribution in [0.15, 0.2) is 65.1 Å². The van der Waals surface area contributed by atoms with Crippen LogP contribution in [0.3, 0.4) is 0 Å². The van der Waals surface area contributed by atoms with Crippen LogP contribution in [0.25, 0.3) is 52.9 Å². The van der Waals surface area contributed by atoms with E-state index >= 15 is 0 Å². The second-order valence-corrected chi connectivity index (χ2v) is 10.8. The molecule has 0 saturated carbocycles. The van der Waals surface area contributed by atoms with Crippen LogP contribution >= 0.6 is 11.3 Å². The summed E-state index contributed by atoms with van der Waals surface area (Å²) in [5, 5.41) is 7.01. The van der Waals surface area contributed by atoms with Crippen LogP contribution in [0.4, 0.5) is 0 Å². The zero-order valence-electron chi connectivity index (χ0n) is 25.7. The molecule has 0 aliphatic carbocycles. The van der Waals surface area contributed by atoms with E-state index in [0.29, 0.717) is 0 Å². The first-order valence-electron chi connectivity index (χ1n) is 14.4. The van der Waals surface area contributed by atoms with E-state index in [1.807, 2.05) is 6.07 Å². The maximum absolute atomic E-state index is 6.35. The van der Waals surface area contributed by atoms with Crippen molar-refractivity contribution in [3.63, 3.8) is 0 Å². The fourth-order valence-corrected chi connectivity index (χ4v) is 6.06. The largest absolute Gasteiger partial charge is 0.455 e. The topological polar surface area (TPSA) is 13.1 Å². The fourth-order valence-electron chi connectivity index (χ4n) is 4.79. The third-order valence-electron chi connectivity index (χ3n) is 6.75. The molecule has 0 atom stereocenters. The Morgan fingerprint density at radius 3 is 1.49 bits per heavy atom. The van der Waals surface area contributed by atoms with Crippen LogP contribution < -0.4 is 0 Å². The lowest BCUT2D eigenvalue weighted by Crippen LogP contribution is -1.75. The molecular weight excluding hydrogens is 613 g/mol. The average molecular weight is 627 g/mol. The average Bonchev–Trinajstić information content (AvgIpc) is 3.68. The van der Waals surface area contributed by atoms with Crippen LogP contribution in [0.1, 0.15) is 11.1 Å². The summed E-state index contributed by atoms with van der Waals surface area (Å²) in [6.07, 6.45) is 4.96. The molecule has 0 radical (unpaired) electrons. The Morgan fingerprint density at radius 2 is 0.918 bits per heavy atom. The SMILES string of the molecule is C#CC#CC#CC#CC#CC#CC#CC#CC#CC#CC#CC#Cc1ccc2c(c1)sc1c2ccc2c1ccc1c3ccc(C)cc3oc12. The molecule has 0 unspecified atom stereocenters. The van der Waals surface area contributed by atoms with Gasteiger partial charge in [-0.05, 0) is 138 Å². The number of terminal acetylenes is 1. The second kappa shape index (κ2) is 15.2. The molecule has 6 aromatic rings. The highest BCUT2D eigenvalue weighted by Gasteiger charge is 2.14. The standard InChI is InChI=1S/C47H14OS/c1-3-4-5-6-7-8-9-10-11-12-13-14-15-16-17-18-19-20-21-22-23-24-25-37-27-29-39-42-32-31-41-43(47(42)49-45(39)35-37)33-30-40-38-28-26-36(2)34-44(38)48-46(40)41/h1,26-35H,2H3. The molecule has 0 aliphatic heterocycles. The van der Waals surface area contributed by atoms with Crippen molar-refractivity contribution in [2.75, 3.05) is 0 Å². The molecule has 1 nitrogen and oxygen atoms in total. The highest BCUT2D eigenvalue weighted by molar-refractivity contribution is 7.26. The minimum Gasteiger partial charge on any atom is -0.455 e. The molecule has 2 heteroatoms. The Hall–Kier alpha value is -8.12. The first-order chi connectivity index (χ1) is 24.2. The molecule has 0 spiro atoms. The number of hydrogen-bond donors (Lipinski definition) is 0. The van der Waals surface area contributed by atoms with Gasteiger partial charge in [-0.1, -0.05) is 36.3 Å². The Morgan fingerprint density at radius 1 is 0.469 bits per heavy atom. The third-order valence-corrected chi connectivity index (χ3v) is 7.96. The summed E-state index contributed by atoms with van der Waals surface area (Å²) in [6, 6.07) is 21.3. The molecule has 0 N–H and O–H groups in total. The van der Waals surface area contributed by atoms with Crippen molar-refractivity contribution in [1.29, 1.82) is 0 Å². The molecule has 214 valence electrons. The number of aryl methyl sites for hydroxylation is 1. The van der Waals surface area contributed by atoms with Crippen molar-refractivity contribution in [2.45, 2.75) is 6.92 Å². The van der Waals surface area contributed by atoms with E-state index in [1.54, 1.807) is 11.3 Å². The van der Waals surface area contributed by atoms with Gasteiger partial charge in [0.25, 0.3) is 0 Å². The summed E-state index contributed by atoms with van der Waals surface area (Å²) in [4.78, 5) is 0. The normalized spacial score (nSPS) is 8.33. The lowest BCUT2D eigenvalue weighted by Gasteiger charge is -2.01. The van der Waals surface area contributed by atoms with Crippen molar-refractivity contribution in [2.24, 2.45) is 0 Å². The Labute approximate surface area is 288 Å². The smallest absolute Gasteiger partial charge is 0.143 e. The van der Waals surface area contributed by atoms with Gasteiger partial charge in [-0.15, -0.1) is 17.8 Å². The van der Waals surface area contributed by atoms with Crippen LogP contribution in [0.2, 0.25) is 0 Å². The first kappa shape index (κ1) is 30.9. The zero-order chi connectivity index (χ0) is 33.7. The van der Waals surface area contributed by atoms with E-state index in [2.05, 4.69) is 198 Å². The van der Waals surface area contributed by atoms with Crippen molar-refractivity contribution in [3.05, 3.63) is 71.8 Å². The Bertz CT molecular complexity index is 3180. The maximum Gasteiger partial charge on any atom is 0.143 e. The third kappa shape index (κ3) is 7.41. The maximum atomic E-state index is 6.35. The highest BCUT2D eigenvalue weighted by Crippen LogP contribution is 2.42. The number of benzene rings is 4. The van der Waals surface area contributed by atoms with Crippen LogP contribution in [0.5, 0.6) is 0 Å². The molecule has 6 rings (SSSR count). The van der Waals surface area contributed by atoms with Gasteiger partial charge >= 0.3 is 0 Å². The predicted octanol–water partition coefficient (Wildman–Crippen LogP) is 7.43. The lowest BCUT2D eigenvalue weighted by atomic mass is 10.0. The summed E-state index contributed by atoms with van der Waals surface area (Å²) in [5.41, 5.74) is 3.91. The molecule has 2 aromatic heterocycles. The van der Waals surface area contributed by atoms with Crippen LogP contribution in [0, 0.1) is 150 Å². The van der Waals surface area contributed by atoms with E-state index in [1.165, 1.54) is 31.1 Å². The highest BCUT2D eigenvalue weighted by atomic mass is 32.1. The molecular formula is C47H14OS. The van der Waals surface area contributed by atoms with E-state index < -0.39 is 0 Å². The van der Waals surface area contributed by atoms with E-state index in [4.69, 9.17) is 10.8 Å². The van der Waals surface area contributed by atoms with E-state index in [-0.39, 0.29) is 0 Å². The van der Waals surface area contributed by atoms with Gasteiger partial charge < -0.3 is 4.42 Å². The summed E-state index contributed by atoms with van der Waals surface area (Å²) in [5.74, 6) is 59.0. The number of rotatable bonds is 0. The quantitative estimate of drug-likeness (QED) is 0.160. The summed E-state index contributed by atoms with van der Waals surface area (Å²) in [7, 11) is 0. The van der Waals surface area contributed by atoms with Gasteiger partial charge in [-0.2, -0.15) is 0 Å². The van der Waals surface area contributed by atoms with Gasteiger partial charge in [0.2, 0.25) is 0 Å². The monoisotopic (exact) mass is 626 g/mol. The predicted molar refractivity (Wildman–Crippen MR) is 202 cm³/mol. The summed E-state index contributed by atoms with van der Waals surface area (Å²) in [6.45, 7) is 2.08. The first-order valence-corrected chi connectivity index (χ1v) is 15.2. The minimum absolute atomic E-state index is 0.885. The Balaban J connectivity index is 1.09. The van der Waals surface area contributed by atoms with Gasteiger partial charge in [-0.25, -0.2) is 0 Å². The van der Waals surface area contributed by atoms with Gasteiger partial charge in [0.05, 0.1) is 0 Å². The van der Waals surface area contributed by atoms with Gasteiger partial charge in [0.1, 0.15) is 11.2 Å². The molecule has 0 fully saturated rings. The minimum atomic E-state index is 0.885. The number of thiophene rings is 1. The number of furan rings is 1.